The van der Waals surface area contributed by atoms with Crippen molar-refractivity contribution in [3.63, 3.8) is 0 Å². The fourth-order valence-corrected chi connectivity index (χ4v) is 4.37. The molecule has 3 rings (SSSR count). The van der Waals surface area contributed by atoms with Crippen LogP contribution in [0.4, 0.5) is 0 Å². The number of thioether (sulfide) groups is 1. The van der Waals surface area contributed by atoms with Crippen LogP contribution in [0.15, 0.2) is 52.5 Å². The van der Waals surface area contributed by atoms with E-state index < -0.39 is 0 Å². The van der Waals surface area contributed by atoms with E-state index in [0.717, 1.165) is 22.1 Å². The molecule has 2 aromatic heterocycles. The van der Waals surface area contributed by atoms with Crippen LogP contribution in [0.3, 0.4) is 0 Å². The highest BCUT2D eigenvalue weighted by Crippen LogP contribution is 2.23. The molecule has 0 atom stereocenters. The Morgan fingerprint density at radius 1 is 1.17 bits per heavy atom. The van der Waals surface area contributed by atoms with E-state index in [0.29, 0.717) is 12.2 Å². The average molecular weight is 361 g/mol. The summed E-state index contributed by atoms with van der Waals surface area (Å²) in [6.45, 7) is 0.659. The first-order chi connectivity index (χ1) is 11.3. The number of carbonyl (C=O) groups is 1. The van der Waals surface area contributed by atoms with Crippen LogP contribution >= 0.6 is 34.4 Å². The quantitative estimate of drug-likeness (QED) is 0.629. The minimum absolute atomic E-state index is 0.0976. The van der Waals surface area contributed by atoms with Crippen LogP contribution in [0, 0.1) is 0 Å². The number of benzene rings is 1. The van der Waals surface area contributed by atoms with Gasteiger partial charge in [-0.25, -0.2) is 4.98 Å². The Morgan fingerprint density at radius 3 is 2.83 bits per heavy atom. The Labute approximate surface area is 147 Å². The fourth-order valence-electron chi connectivity index (χ4n) is 1.98. The lowest BCUT2D eigenvalue weighted by Crippen LogP contribution is -2.26. The van der Waals surface area contributed by atoms with Gasteiger partial charge in [-0.3, -0.25) is 4.79 Å². The number of nitrogens with one attached hydrogen (secondary N) is 1. The van der Waals surface area contributed by atoms with Gasteiger partial charge in [-0.1, -0.05) is 30.3 Å². The van der Waals surface area contributed by atoms with E-state index in [2.05, 4.69) is 27.1 Å². The number of nitrogens with zero attached hydrogens (tertiary/aromatic N) is 1. The zero-order valence-corrected chi connectivity index (χ0v) is 14.8. The van der Waals surface area contributed by atoms with Crippen molar-refractivity contribution in [3.05, 3.63) is 63.8 Å². The van der Waals surface area contributed by atoms with Crippen molar-refractivity contribution < 1.29 is 4.79 Å². The maximum atomic E-state index is 12.1. The maximum absolute atomic E-state index is 12.1. The van der Waals surface area contributed by atoms with Crippen molar-refractivity contribution in [3.8, 4) is 10.6 Å². The Balaban J connectivity index is 1.44. The Kier molecular flexibility index (Phi) is 5.85. The van der Waals surface area contributed by atoms with E-state index in [9.17, 15) is 4.79 Å². The Morgan fingerprint density at radius 2 is 2.04 bits per heavy atom. The summed E-state index contributed by atoms with van der Waals surface area (Å²) in [6, 6.07) is 12.1. The van der Waals surface area contributed by atoms with Crippen LogP contribution in [0.2, 0.25) is 0 Å². The van der Waals surface area contributed by atoms with Gasteiger partial charge in [0.1, 0.15) is 10.7 Å². The van der Waals surface area contributed by atoms with E-state index in [-0.39, 0.29) is 5.91 Å². The lowest BCUT2D eigenvalue weighted by molar-refractivity contribution is 0.0952. The van der Waals surface area contributed by atoms with E-state index in [1.165, 1.54) is 16.9 Å². The predicted molar refractivity (Wildman–Crippen MR) is 100 cm³/mol. The summed E-state index contributed by atoms with van der Waals surface area (Å²) >= 11 is 5.04. The number of carbonyl (C=O) groups excluding carboxylic acids is 1. The van der Waals surface area contributed by atoms with Gasteiger partial charge in [0.05, 0.1) is 0 Å². The predicted octanol–water partition coefficient (Wildman–Crippen LogP) is 4.53. The molecule has 3 aromatic rings. The molecule has 1 amide bonds. The second-order valence-electron chi connectivity index (χ2n) is 4.84. The molecular formula is C17H16N2OS3. The molecule has 0 aliphatic carbocycles. The van der Waals surface area contributed by atoms with E-state index >= 15 is 0 Å². The summed E-state index contributed by atoms with van der Waals surface area (Å²) in [6.07, 6.45) is 0. The van der Waals surface area contributed by atoms with Gasteiger partial charge in [-0.2, -0.15) is 23.1 Å². The van der Waals surface area contributed by atoms with Gasteiger partial charge in [0.2, 0.25) is 0 Å². The summed E-state index contributed by atoms with van der Waals surface area (Å²) in [7, 11) is 0. The molecule has 0 saturated carbocycles. The van der Waals surface area contributed by atoms with Crippen molar-refractivity contribution in [2.24, 2.45) is 0 Å². The SMILES string of the molecule is O=C(NCCSCc1ccsc1)c1csc(-c2ccccc2)n1. The van der Waals surface area contributed by atoms with Crippen LogP contribution in [-0.2, 0) is 5.75 Å². The van der Waals surface area contributed by atoms with Crippen LogP contribution in [0.1, 0.15) is 16.1 Å². The van der Waals surface area contributed by atoms with Crippen molar-refractivity contribution in [1.82, 2.24) is 10.3 Å². The van der Waals surface area contributed by atoms with Crippen molar-refractivity contribution in [2.45, 2.75) is 5.75 Å². The van der Waals surface area contributed by atoms with Gasteiger partial charge in [0.15, 0.2) is 0 Å². The van der Waals surface area contributed by atoms with E-state index in [1.54, 1.807) is 11.3 Å². The number of thiophene rings is 1. The molecule has 118 valence electrons. The molecular weight excluding hydrogens is 344 g/mol. The van der Waals surface area contributed by atoms with Crippen LogP contribution in [0.5, 0.6) is 0 Å². The monoisotopic (exact) mass is 360 g/mol. The summed E-state index contributed by atoms with van der Waals surface area (Å²) in [5.74, 6) is 1.80. The third-order valence-electron chi connectivity index (χ3n) is 3.14. The fraction of sp³-hybridized carbons (Fsp3) is 0.176. The average Bonchev–Trinajstić information content (AvgIpc) is 3.27. The van der Waals surface area contributed by atoms with Gasteiger partial charge in [0.25, 0.3) is 5.91 Å². The van der Waals surface area contributed by atoms with Crippen LogP contribution in [-0.4, -0.2) is 23.2 Å². The minimum atomic E-state index is -0.0976. The smallest absolute Gasteiger partial charge is 0.270 e. The van der Waals surface area contributed by atoms with Gasteiger partial charge >= 0.3 is 0 Å². The highest BCUT2D eigenvalue weighted by atomic mass is 32.2. The van der Waals surface area contributed by atoms with Crippen molar-refractivity contribution in [1.29, 1.82) is 0 Å². The summed E-state index contributed by atoms with van der Waals surface area (Å²) < 4.78 is 0. The Hall–Kier alpha value is -1.63. The Bertz CT molecular complexity index is 738. The molecule has 0 fully saturated rings. The number of thiazole rings is 1. The highest BCUT2D eigenvalue weighted by Gasteiger charge is 2.11. The van der Waals surface area contributed by atoms with Crippen LogP contribution in [0.25, 0.3) is 10.6 Å². The molecule has 3 nitrogen and oxygen atoms in total. The van der Waals surface area contributed by atoms with Gasteiger partial charge in [-0.05, 0) is 22.4 Å². The largest absolute Gasteiger partial charge is 0.350 e. The lowest BCUT2D eigenvalue weighted by Gasteiger charge is -2.02. The maximum Gasteiger partial charge on any atom is 0.270 e. The van der Waals surface area contributed by atoms with Gasteiger partial charge in [0, 0.05) is 29.0 Å². The molecule has 0 aliphatic heterocycles. The van der Waals surface area contributed by atoms with Crippen LogP contribution < -0.4 is 5.32 Å². The normalized spacial score (nSPS) is 10.6. The molecule has 2 heterocycles. The molecule has 1 N–H and O–H groups in total. The number of rotatable bonds is 7. The number of hydrogen-bond acceptors (Lipinski definition) is 5. The molecule has 6 heteroatoms. The first-order valence-corrected chi connectivity index (χ1v) is 10.2. The molecule has 0 saturated heterocycles. The standard InChI is InChI=1S/C17H16N2OS3/c20-16(18-7-9-22-11-13-6-8-21-10-13)15-12-23-17(19-15)14-4-2-1-3-5-14/h1-6,8,10,12H,7,9,11H2,(H,18,20). The molecule has 1 aromatic carbocycles. The third-order valence-corrected chi connectivity index (χ3v) is 5.79. The van der Waals surface area contributed by atoms with Crippen molar-refractivity contribution in [2.75, 3.05) is 12.3 Å². The van der Waals surface area contributed by atoms with Gasteiger partial charge in [-0.15, -0.1) is 11.3 Å². The zero-order chi connectivity index (χ0) is 15.9. The minimum Gasteiger partial charge on any atom is -0.350 e. The molecule has 0 radical (unpaired) electrons. The van der Waals surface area contributed by atoms with E-state index in [1.807, 2.05) is 47.5 Å². The first-order valence-electron chi connectivity index (χ1n) is 7.21. The highest BCUT2D eigenvalue weighted by molar-refractivity contribution is 7.98. The second-order valence-corrected chi connectivity index (χ2v) is 7.59. The third kappa shape index (κ3) is 4.67. The molecule has 0 spiro atoms. The molecule has 0 bridgehead atoms. The second kappa shape index (κ2) is 8.29. The zero-order valence-electron chi connectivity index (χ0n) is 12.4. The molecule has 0 unspecified atom stereocenters. The van der Waals surface area contributed by atoms with Crippen molar-refractivity contribution >= 4 is 40.3 Å². The molecule has 23 heavy (non-hydrogen) atoms. The first kappa shape index (κ1) is 16.2. The number of amides is 1. The lowest BCUT2D eigenvalue weighted by atomic mass is 10.2. The molecule has 0 aliphatic rings. The number of aromatic nitrogens is 1. The summed E-state index contributed by atoms with van der Waals surface area (Å²) in [5.41, 5.74) is 2.89. The number of hydrogen-bond donors (Lipinski definition) is 1. The van der Waals surface area contributed by atoms with E-state index in [4.69, 9.17) is 0 Å². The van der Waals surface area contributed by atoms with Gasteiger partial charge < -0.3 is 5.32 Å². The summed E-state index contributed by atoms with van der Waals surface area (Å²) in [5, 5.41) is 9.87. The topological polar surface area (TPSA) is 42.0 Å². The summed E-state index contributed by atoms with van der Waals surface area (Å²) in [4.78, 5) is 16.5.